The molecule has 16 nitrogen and oxygen atoms in total. The number of rotatable bonds is 7. The van der Waals surface area contributed by atoms with Crippen LogP contribution in [0.25, 0.3) is 11.0 Å². The molecular weight excluding hydrogens is 750 g/mol. The number of carbonyl (C=O) groups excluding carboxylic acids is 3. The number of ketones is 1. The first kappa shape index (κ1) is 44.0. The number of nitrogens with zero attached hydrogens (tertiary/aromatic N) is 5. The molecule has 322 valence electrons. The van der Waals surface area contributed by atoms with Crippen molar-refractivity contribution in [3.63, 3.8) is 0 Å². The fraction of sp³-hybridized carbons (Fsp3) is 0.762. The maximum atomic E-state index is 14.6. The van der Waals surface area contributed by atoms with Gasteiger partial charge < -0.3 is 43.3 Å². The standard InChI is InChI=1S/C42H63N5O11/c1-12-33-42(8)29(17-34(48)58-42)24(4)35(49)22(2)18-41(7)38(57-40-36(50)32(46(9)10)15-23(3)55-40)25(5)37(26(6)39(51)56-33)52-20-28(21-53-41)44-54-19-27-13-14-31-30(16-27)43-45-47(31)11/h13-14,16,22-26,29,32-33,36-38,40,50H,12,15,17-21H2,1-11H3/b44-28-/t22-,23-,24-,25+,26-,29+,32+,33-,36-,37+,38-,40+,41-,42+/m1/s1. The third-order valence-electron chi connectivity index (χ3n) is 13.1. The molecule has 2 bridgehead atoms. The van der Waals surface area contributed by atoms with Crippen LogP contribution in [0, 0.1) is 29.6 Å². The second-order valence-corrected chi connectivity index (χ2v) is 17.7. The van der Waals surface area contributed by atoms with E-state index in [0.717, 1.165) is 16.6 Å². The Hall–Kier alpha value is -3.54. The number of carbonyl (C=O) groups is 3. The van der Waals surface area contributed by atoms with E-state index in [2.05, 4.69) is 15.5 Å². The second-order valence-electron chi connectivity index (χ2n) is 17.7. The summed E-state index contributed by atoms with van der Waals surface area (Å²) in [6.07, 6.45) is -3.69. The molecule has 0 unspecified atom stereocenters. The van der Waals surface area contributed by atoms with Crippen LogP contribution >= 0.6 is 0 Å². The summed E-state index contributed by atoms with van der Waals surface area (Å²) in [6, 6.07) is 5.47. The predicted octanol–water partition coefficient (Wildman–Crippen LogP) is 3.99. The van der Waals surface area contributed by atoms with Crippen molar-refractivity contribution < 1.29 is 52.7 Å². The molecule has 1 aromatic heterocycles. The lowest BCUT2D eigenvalue weighted by Gasteiger charge is -2.48. The molecule has 4 aliphatic rings. The molecular formula is C42H63N5O11. The fourth-order valence-corrected chi connectivity index (χ4v) is 9.78. The summed E-state index contributed by atoms with van der Waals surface area (Å²) in [5, 5.41) is 24.4. The van der Waals surface area contributed by atoms with Gasteiger partial charge >= 0.3 is 11.9 Å². The number of ether oxygens (including phenoxy) is 6. The minimum Gasteiger partial charge on any atom is -0.458 e. The molecule has 0 spiro atoms. The summed E-state index contributed by atoms with van der Waals surface area (Å²) < 4.78 is 40.7. The average Bonchev–Trinajstić information content (AvgIpc) is 3.71. The van der Waals surface area contributed by atoms with E-state index in [1.54, 1.807) is 18.5 Å². The molecule has 4 fully saturated rings. The Balaban J connectivity index is 1.40. The van der Waals surface area contributed by atoms with E-state index in [9.17, 15) is 19.5 Å². The van der Waals surface area contributed by atoms with Gasteiger partial charge in [0.2, 0.25) is 0 Å². The summed E-state index contributed by atoms with van der Waals surface area (Å²) in [6.45, 7) is 14.8. The highest BCUT2D eigenvalue weighted by Crippen LogP contribution is 2.46. The van der Waals surface area contributed by atoms with Crippen LogP contribution in [-0.4, -0.2) is 130 Å². The number of cyclic esters (lactones) is 1. The number of aromatic nitrogens is 3. The molecule has 6 rings (SSSR count). The number of aryl methyl sites for hydroxylation is 1. The van der Waals surface area contributed by atoms with Gasteiger partial charge in [-0.15, -0.1) is 5.10 Å². The Morgan fingerprint density at radius 1 is 1.07 bits per heavy atom. The highest BCUT2D eigenvalue weighted by Gasteiger charge is 2.57. The van der Waals surface area contributed by atoms with E-state index in [4.69, 9.17) is 33.3 Å². The van der Waals surface area contributed by atoms with Crippen molar-refractivity contribution in [2.75, 3.05) is 27.3 Å². The van der Waals surface area contributed by atoms with Crippen LogP contribution in [0.3, 0.4) is 0 Å². The van der Waals surface area contributed by atoms with Crippen LogP contribution in [-0.2, 0) is 61.3 Å². The molecule has 14 atom stereocenters. The smallest absolute Gasteiger partial charge is 0.311 e. The highest BCUT2D eigenvalue weighted by molar-refractivity contribution is 5.87. The van der Waals surface area contributed by atoms with Gasteiger partial charge in [-0.2, -0.15) is 0 Å². The number of hydrogen-bond donors (Lipinski definition) is 1. The molecule has 1 aromatic carbocycles. The van der Waals surface area contributed by atoms with Crippen molar-refractivity contribution in [2.24, 2.45) is 41.8 Å². The van der Waals surface area contributed by atoms with Crippen LogP contribution < -0.4 is 0 Å². The number of Topliss-reactive ketones (excluding diaryl/α,β-unsaturated/α-hetero) is 1. The highest BCUT2D eigenvalue weighted by atomic mass is 16.7. The summed E-state index contributed by atoms with van der Waals surface area (Å²) in [4.78, 5) is 49.7. The van der Waals surface area contributed by atoms with Gasteiger partial charge in [-0.05, 0) is 78.7 Å². The molecule has 0 amide bonds. The molecule has 1 N–H and O–H groups in total. The van der Waals surface area contributed by atoms with Crippen molar-refractivity contribution in [3.8, 4) is 0 Å². The number of benzene rings is 1. The van der Waals surface area contributed by atoms with E-state index in [1.165, 1.54) is 0 Å². The number of esters is 2. The molecule has 4 aliphatic heterocycles. The first-order valence-electron chi connectivity index (χ1n) is 20.7. The van der Waals surface area contributed by atoms with Gasteiger partial charge in [0.25, 0.3) is 0 Å². The van der Waals surface area contributed by atoms with Crippen LogP contribution in [0.1, 0.15) is 86.6 Å². The van der Waals surface area contributed by atoms with Gasteiger partial charge in [0.1, 0.15) is 41.4 Å². The van der Waals surface area contributed by atoms with E-state index < -0.39 is 83.4 Å². The lowest BCUT2D eigenvalue weighted by molar-refractivity contribution is -0.302. The minimum atomic E-state index is -1.24. The quantitative estimate of drug-likeness (QED) is 0.313. The molecule has 58 heavy (non-hydrogen) atoms. The summed E-state index contributed by atoms with van der Waals surface area (Å²) in [7, 11) is 5.64. The Labute approximate surface area is 341 Å². The van der Waals surface area contributed by atoms with Crippen molar-refractivity contribution in [3.05, 3.63) is 23.8 Å². The fourth-order valence-electron chi connectivity index (χ4n) is 9.78. The van der Waals surface area contributed by atoms with E-state index in [-0.39, 0.29) is 50.6 Å². The predicted molar refractivity (Wildman–Crippen MR) is 211 cm³/mol. The lowest BCUT2D eigenvalue weighted by Crippen LogP contribution is -2.60. The van der Waals surface area contributed by atoms with E-state index >= 15 is 0 Å². The number of fused-ring (bicyclic) bond motifs is 5. The molecule has 0 aliphatic carbocycles. The van der Waals surface area contributed by atoms with Crippen LogP contribution in [0.2, 0.25) is 0 Å². The van der Waals surface area contributed by atoms with Crippen molar-refractivity contribution in [1.82, 2.24) is 19.9 Å². The first-order chi connectivity index (χ1) is 27.4. The van der Waals surface area contributed by atoms with Gasteiger partial charge in [0.15, 0.2) is 6.29 Å². The summed E-state index contributed by atoms with van der Waals surface area (Å²) in [5.74, 6) is -4.26. The topological polar surface area (TPSA) is 182 Å². The maximum absolute atomic E-state index is 14.6. The number of likely N-dealkylation sites (N-methyl/N-ethyl adjacent to an activating group) is 1. The number of hydrogen-bond acceptors (Lipinski definition) is 15. The van der Waals surface area contributed by atoms with Crippen LogP contribution in [0.5, 0.6) is 0 Å². The zero-order chi connectivity index (χ0) is 42.3. The minimum absolute atomic E-state index is 0.0244. The monoisotopic (exact) mass is 813 g/mol. The molecule has 0 radical (unpaired) electrons. The zero-order valence-corrected chi connectivity index (χ0v) is 35.9. The molecule has 5 heterocycles. The molecule has 0 saturated carbocycles. The molecule has 4 saturated heterocycles. The number of aliphatic hydroxyl groups is 1. The van der Waals surface area contributed by atoms with Crippen LogP contribution in [0.4, 0.5) is 0 Å². The van der Waals surface area contributed by atoms with Gasteiger partial charge in [-0.3, -0.25) is 14.4 Å². The molecule has 16 heteroatoms. The Bertz CT molecular complexity index is 1840. The Kier molecular flexibility index (Phi) is 13.3. The number of aliphatic hydroxyl groups excluding tert-OH is 1. The first-order valence-corrected chi connectivity index (χ1v) is 20.7. The third kappa shape index (κ3) is 8.83. The normalized spacial score (nSPS) is 40.1. The van der Waals surface area contributed by atoms with Gasteiger partial charge in [0.05, 0.1) is 55.0 Å². The second kappa shape index (κ2) is 17.6. The van der Waals surface area contributed by atoms with E-state index in [1.807, 2.05) is 85.8 Å². The van der Waals surface area contributed by atoms with E-state index in [0.29, 0.717) is 18.6 Å². The zero-order valence-electron chi connectivity index (χ0n) is 35.9. The summed E-state index contributed by atoms with van der Waals surface area (Å²) in [5.41, 5.74) is 0.408. The van der Waals surface area contributed by atoms with Crippen molar-refractivity contribution >= 4 is 34.5 Å². The average molecular weight is 814 g/mol. The van der Waals surface area contributed by atoms with Gasteiger partial charge in [-0.1, -0.05) is 44.1 Å². The van der Waals surface area contributed by atoms with Gasteiger partial charge in [0, 0.05) is 36.8 Å². The third-order valence-corrected chi connectivity index (χ3v) is 13.1. The SMILES string of the molecule is CC[C@H]1OC(=O)[C@H](C)[C@H]2OC/C(=N/OCc3ccc4c(c3)nnn4C)CO[C@](C)(C[C@@H](C)C(=O)[C@H](C)[C@@H]3CC(=O)O[C@]13C)[C@H](O[C@@H]1O[C@H](C)C[C@H](N(C)C)[C@H]1O)[C@H]2C. The van der Waals surface area contributed by atoms with Crippen molar-refractivity contribution in [1.29, 1.82) is 0 Å². The van der Waals surface area contributed by atoms with Crippen LogP contribution in [0.15, 0.2) is 23.4 Å². The lowest BCUT2D eigenvalue weighted by atomic mass is 9.70. The Morgan fingerprint density at radius 3 is 2.52 bits per heavy atom. The largest absolute Gasteiger partial charge is 0.458 e. The summed E-state index contributed by atoms with van der Waals surface area (Å²) >= 11 is 0. The maximum Gasteiger partial charge on any atom is 0.311 e. The van der Waals surface area contributed by atoms with Gasteiger partial charge in [-0.25, -0.2) is 4.68 Å². The Morgan fingerprint density at radius 2 is 1.81 bits per heavy atom. The van der Waals surface area contributed by atoms with Crippen molar-refractivity contribution in [2.45, 2.75) is 142 Å². The number of oxime groups is 1. The molecule has 2 aromatic rings.